The zero-order valence-electron chi connectivity index (χ0n) is 14.5. The molecule has 0 fully saturated rings. The summed E-state index contributed by atoms with van der Waals surface area (Å²) in [5.74, 6) is 1.95. The number of hydrogen-bond donors (Lipinski definition) is 2. The van der Waals surface area contributed by atoms with Crippen molar-refractivity contribution < 1.29 is 4.52 Å². The Morgan fingerprint density at radius 1 is 1.39 bits per heavy atom. The summed E-state index contributed by atoms with van der Waals surface area (Å²) in [5.41, 5.74) is 1.03. The van der Waals surface area contributed by atoms with Gasteiger partial charge in [0.2, 0.25) is 0 Å². The molecule has 0 aliphatic carbocycles. The smallest absolute Gasteiger partial charge is 0.191 e. The summed E-state index contributed by atoms with van der Waals surface area (Å²) in [6.45, 7) is 10.0. The Hall–Kier alpha value is -1.82. The van der Waals surface area contributed by atoms with E-state index in [1.807, 2.05) is 6.07 Å². The summed E-state index contributed by atoms with van der Waals surface area (Å²) in [5, 5.41) is 12.8. The third-order valence-corrected chi connectivity index (χ3v) is 4.94. The highest BCUT2D eigenvalue weighted by Crippen LogP contribution is 2.26. The minimum atomic E-state index is 0.0584. The van der Waals surface area contributed by atoms with Crippen molar-refractivity contribution in [1.82, 2.24) is 15.8 Å². The van der Waals surface area contributed by atoms with Gasteiger partial charge in [-0.2, -0.15) is 0 Å². The van der Waals surface area contributed by atoms with E-state index in [-0.39, 0.29) is 5.41 Å². The molecule has 0 saturated heterocycles. The van der Waals surface area contributed by atoms with Gasteiger partial charge in [0.05, 0.1) is 12.2 Å². The van der Waals surface area contributed by atoms with Gasteiger partial charge in [-0.1, -0.05) is 38.9 Å². The molecule has 0 unspecified atom stereocenters. The van der Waals surface area contributed by atoms with Gasteiger partial charge >= 0.3 is 0 Å². The van der Waals surface area contributed by atoms with E-state index in [1.165, 1.54) is 4.88 Å². The molecule has 5 nitrogen and oxygen atoms in total. The van der Waals surface area contributed by atoms with Crippen molar-refractivity contribution in [2.45, 2.75) is 45.6 Å². The maximum Gasteiger partial charge on any atom is 0.191 e. The molecule has 0 radical (unpaired) electrons. The summed E-state index contributed by atoms with van der Waals surface area (Å²) < 4.78 is 5.33. The van der Waals surface area contributed by atoms with Gasteiger partial charge in [-0.3, -0.25) is 4.99 Å². The molecule has 23 heavy (non-hydrogen) atoms. The minimum Gasteiger partial charge on any atom is -0.359 e. The largest absolute Gasteiger partial charge is 0.359 e. The zero-order chi connectivity index (χ0) is 16.9. The summed E-state index contributed by atoms with van der Waals surface area (Å²) in [6, 6.07) is 6.25. The molecule has 2 aromatic rings. The van der Waals surface area contributed by atoms with Gasteiger partial charge in [0.1, 0.15) is 0 Å². The average Bonchev–Trinajstić information content (AvgIpc) is 3.19. The molecule has 2 rings (SSSR count). The monoisotopic (exact) mass is 334 g/mol. The van der Waals surface area contributed by atoms with E-state index in [9.17, 15) is 0 Å². The molecule has 0 saturated carbocycles. The van der Waals surface area contributed by atoms with Gasteiger partial charge in [-0.25, -0.2) is 0 Å². The molecule has 2 heterocycles. The number of rotatable bonds is 6. The summed E-state index contributed by atoms with van der Waals surface area (Å²) >= 11 is 1.78. The summed E-state index contributed by atoms with van der Waals surface area (Å²) in [7, 11) is 1.77. The second kappa shape index (κ2) is 7.64. The molecule has 2 aromatic heterocycles. The molecule has 0 aliphatic rings. The number of hydrogen-bond acceptors (Lipinski definition) is 4. The van der Waals surface area contributed by atoms with Gasteiger partial charge in [0.25, 0.3) is 0 Å². The molecule has 0 spiro atoms. The number of aromatic nitrogens is 1. The van der Waals surface area contributed by atoms with Crippen LogP contribution >= 0.6 is 11.3 Å². The van der Waals surface area contributed by atoms with E-state index < -0.39 is 0 Å². The van der Waals surface area contributed by atoms with Crippen LogP contribution in [0.5, 0.6) is 0 Å². The Bertz CT molecular complexity index is 629. The Morgan fingerprint density at radius 3 is 2.74 bits per heavy atom. The highest BCUT2D eigenvalue weighted by Gasteiger charge is 2.22. The van der Waals surface area contributed by atoms with Crippen molar-refractivity contribution in [2.75, 3.05) is 13.6 Å². The fraction of sp³-hybridized carbons (Fsp3) is 0.529. The highest BCUT2D eigenvalue weighted by molar-refractivity contribution is 7.10. The van der Waals surface area contributed by atoms with Crippen LogP contribution in [0.2, 0.25) is 0 Å². The van der Waals surface area contributed by atoms with Crippen LogP contribution in [-0.2, 0) is 12.0 Å². The number of aliphatic imine (C=N–C) groups is 1. The van der Waals surface area contributed by atoms with Crippen LogP contribution in [0.3, 0.4) is 0 Å². The normalized spacial score (nSPS) is 12.7. The lowest BCUT2D eigenvalue weighted by Gasteiger charge is -2.24. The fourth-order valence-electron chi connectivity index (χ4n) is 2.13. The fourth-order valence-corrected chi connectivity index (χ4v) is 2.98. The van der Waals surface area contributed by atoms with Crippen LogP contribution in [0.15, 0.2) is 33.1 Å². The standard InChI is InChI=1S/C17H26N4OS/c1-12(2)14-9-13(22-21-14)10-19-16(18-5)20-11-17(3,4)15-7-6-8-23-15/h6-9,12H,10-11H2,1-5H3,(H2,18,19,20). The van der Waals surface area contributed by atoms with Crippen LogP contribution in [0.1, 0.15) is 49.9 Å². The lowest BCUT2D eigenvalue weighted by atomic mass is 9.91. The van der Waals surface area contributed by atoms with Crippen LogP contribution in [0.25, 0.3) is 0 Å². The highest BCUT2D eigenvalue weighted by atomic mass is 32.1. The third-order valence-electron chi connectivity index (χ3n) is 3.71. The maximum absolute atomic E-state index is 5.33. The number of nitrogens with zero attached hydrogens (tertiary/aromatic N) is 2. The first-order chi connectivity index (χ1) is 10.9. The van der Waals surface area contributed by atoms with Gasteiger partial charge in [0, 0.05) is 30.0 Å². The second-order valence-electron chi connectivity index (χ2n) is 6.51. The molecular formula is C17H26N4OS. The van der Waals surface area contributed by atoms with Crippen molar-refractivity contribution in [1.29, 1.82) is 0 Å². The van der Waals surface area contributed by atoms with E-state index in [4.69, 9.17) is 4.52 Å². The van der Waals surface area contributed by atoms with Gasteiger partial charge in [0.15, 0.2) is 11.7 Å². The third kappa shape index (κ3) is 4.82. The second-order valence-corrected chi connectivity index (χ2v) is 7.46. The van der Waals surface area contributed by atoms with Crippen LogP contribution in [-0.4, -0.2) is 24.7 Å². The lowest BCUT2D eigenvalue weighted by molar-refractivity contribution is 0.371. The SMILES string of the molecule is CN=C(NCc1cc(C(C)C)no1)NCC(C)(C)c1cccs1. The Kier molecular flexibility index (Phi) is 5.82. The molecule has 0 atom stereocenters. The molecule has 2 N–H and O–H groups in total. The first kappa shape index (κ1) is 17.5. The molecular weight excluding hydrogens is 308 g/mol. The molecule has 0 aliphatic heterocycles. The van der Waals surface area contributed by atoms with E-state index in [2.05, 4.69) is 66.0 Å². The summed E-state index contributed by atoms with van der Waals surface area (Å²) in [4.78, 5) is 5.62. The van der Waals surface area contributed by atoms with Gasteiger partial charge in [-0.05, 0) is 17.4 Å². The maximum atomic E-state index is 5.33. The van der Waals surface area contributed by atoms with Crippen LogP contribution in [0, 0.1) is 0 Å². The first-order valence-corrected chi connectivity index (χ1v) is 8.74. The van der Waals surface area contributed by atoms with Crippen molar-refractivity contribution in [2.24, 2.45) is 4.99 Å². The van der Waals surface area contributed by atoms with E-state index in [0.29, 0.717) is 12.5 Å². The van der Waals surface area contributed by atoms with E-state index >= 15 is 0 Å². The topological polar surface area (TPSA) is 62.5 Å². The van der Waals surface area contributed by atoms with Crippen LogP contribution in [0.4, 0.5) is 0 Å². The first-order valence-electron chi connectivity index (χ1n) is 7.86. The van der Waals surface area contributed by atoms with Gasteiger partial charge < -0.3 is 15.2 Å². The predicted molar refractivity (Wildman–Crippen MR) is 96.1 cm³/mol. The predicted octanol–water partition coefficient (Wildman–Crippen LogP) is 3.50. The molecule has 0 amide bonds. The Labute approximate surface area is 142 Å². The van der Waals surface area contributed by atoms with Crippen LogP contribution < -0.4 is 10.6 Å². The number of thiophene rings is 1. The molecule has 126 valence electrons. The van der Waals surface area contributed by atoms with E-state index in [1.54, 1.807) is 18.4 Å². The Balaban J connectivity index is 1.86. The van der Waals surface area contributed by atoms with Crippen molar-refractivity contribution in [3.05, 3.63) is 39.9 Å². The molecule has 0 bridgehead atoms. The zero-order valence-corrected chi connectivity index (χ0v) is 15.3. The quantitative estimate of drug-likeness (QED) is 0.627. The Morgan fingerprint density at radius 2 is 2.17 bits per heavy atom. The van der Waals surface area contributed by atoms with Crippen molar-refractivity contribution in [3.8, 4) is 0 Å². The minimum absolute atomic E-state index is 0.0584. The summed E-state index contributed by atoms with van der Waals surface area (Å²) in [6.07, 6.45) is 0. The molecule has 0 aromatic carbocycles. The average molecular weight is 334 g/mol. The molecule has 6 heteroatoms. The number of nitrogens with one attached hydrogen (secondary N) is 2. The van der Waals surface area contributed by atoms with Gasteiger partial charge in [-0.15, -0.1) is 11.3 Å². The number of guanidine groups is 1. The lowest BCUT2D eigenvalue weighted by Crippen LogP contribution is -2.42. The van der Waals surface area contributed by atoms with Crippen molar-refractivity contribution in [3.63, 3.8) is 0 Å². The van der Waals surface area contributed by atoms with E-state index in [0.717, 1.165) is 24.0 Å². The van der Waals surface area contributed by atoms with Crippen molar-refractivity contribution >= 4 is 17.3 Å².